The largest absolute Gasteiger partial charge is 0.389 e. The summed E-state index contributed by atoms with van der Waals surface area (Å²) in [6.07, 6.45) is 0.702. The molecule has 0 radical (unpaired) electrons. The second-order valence-electron chi connectivity index (χ2n) is 5.02. The Kier molecular flexibility index (Phi) is 6.53. The molecule has 0 aliphatic heterocycles. The van der Waals surface area contributed by atoms with E-state index in [2.05, 4.69) is 24.5 Å². The molecular weight excluding hydrogens is 240 g/mol. The Morgan fingerprint density at radius 1 is 1.26 bits per heavy atom. The maximum absolute atomic E-state index is 11.8. The van der Waals surface area contributed by atoms with E-state index in [4.69, 9.17) is 0 Å². The maximum atomic E-state index is 11.8. The number of carbonyl (C=O) groups is 1. The van der Waals surface area contributed by atoms with Crippen LogP contribution in [0.1, 0.15) is 45.3 Å². The highest BCUT2D eigenvalue weighted by molar-refractivity contribution is 5.91. The van der Waals surface area contributed by atoms with Crippen molar-refractivity contribution < 1.29 is 9.90 Å². The van der Waals surface area contributed by atoms with Crippen LogP contribution in [-0.2, 0) is 4.79 Å². The van der Waals surface area contributed by atoms with Crippen LogP contribution in [0.15, 0.2) is 24.3 Å². The Balaban J connectivity index is 2.44. The summed E-state index contributed by atoms with van der Waals surface area (Å²) in [5.74, 6) is -0.0151. The molecule has 3 N–H and O–H groups in total. The predicted octanol–water partition coefficient (Wildman–Crippen LogP) is 2.46. The van der Waals surface area contributed by atoms with Gasteiger partial charge in [0, 0.05) is 23.7 Å². The average Bonchev–Trinajstić information content (AvgIpc) is 2.35. The number of anilines is 1. The van der Waals surface area contributed by atoms with Crippen molar-refractivity contribution in [1.29, 1.82) is 0 Å². The van der Waals surface area contributed by atoms with Crippen molar-refractivity contribution in [3.63, 3.8) is 0 Å². The minimum Gasteiger partial charge on any atom is -0.389 e. The molecule has 0 saturated carbocycles. The van der Waals surface area contributed by atoms with Crippen LogP contribution in [-0.4, -0.2) is 23.6 Å². The molecule has 106 valence electrons. The molecule has 0 fully saturated rings. The molecule has 19 heavy (non-hydrogen) atoms. The number of amides is 1. The quantitative estimate of drug-likeness (QED) is 0.663. The monoisotopic (exact) mass is 264 g/mol. The summed E-state index contributed by atoms with van der Waals surface area (Å²) in [6.45, 7) is 6.69. The Hall–Kier alpha value is -1.39. The van der Waals surface area contributed by atoms with Crippen molar-refractivity contribution in [3.05, 3.63) is 29.8 Å². The lowest BCUT2D eigenvalue weighted by Crippen LogP contribution is -2.24. The van der Waals surface area contributed by atoms with E-state index in [1.807, 2.05) is 24.3 Å². The van der Waals surface area contributed by atoms with Crippen LogP contribution < -0.4 is 10.6 Å². The fourth-order valence-corrected chi connectivity index (χ4v) is 1.83. The van der Waals surface area contributed by atoms with Crippen LogP contribution >= 0.6 is 0 Å². The molecule has 0 heterocycles. The predicted molar refractivity (Wildman–Crippen MR) is 78.1 cm³/mol. The van der Waals surface area contributed by atoms with Gasteiger partial charge >= 0.3 is 0 Å². The third kappa shape index (κ3) is 5.85. The van der Waals surface area contributed by atoms with E-state index in [9.17, 15) is 9.90 Å². The Labute approximate surface area is 115 Å². The number of nitrogens with one attached hydrogen (secondary N) is 2. The molecule has 0 aromatic heterocycles. The van der Waals surface area contributed by atoms with Crippen molar-refractivity contribution in [2.45, 2.75) is 45.8 Å². The van der Waals surface area contributed by atoms with Gasteiger partial charge in [0.1, 0.15) is 0 Å². The first-order chi connectivity index (χ1) is 9.00. The second kappa shape index (κ2) is 7.92. The van der Waals surface area contributed by atoms with E-state index in [1.54, 1.807) is 6.92 Å². The third-order valence-corrected chi connectivity index (χ3v) is 2.82. The average molecular weight is 264 g/mol. The fourth-order valence-electron chi connectivity index (χ4n) is 1.83. The van der Waals surface area contributed by atoms with Gasteiger partial charge in [0.15, 0.2) is 0 Å². The summed E-state index contributed by atoms with van der Waals surface area (Å²) in [7, 11) is 0. The van der Waals surface area contributed by atoms with E-state index in [1.165, 1.54) is 0 Å². The van der Waals surface area contributed by atoms with Crippen LogP contribution in [0.5, 0.6) is 0 Å². The minimum absolute atomic E-state index is 0.0151. The van der Waals surface area contributed by atoms with E-state index >= 15 is 0 Å². The van der Waals surface area contributed by atoms with E-state index in [0.29, 0.717) is 18.2 Å². The van der Waals surface area contributed by atoms with Crippen LogP contribution in [0.3, 0.4) is 0 Å². The zero-order chi connectivity index (χ0) is 14.3. The van der Waals surface area contributed by atoms with Crippen molar-refractivity contribution in [2.75, 3.05) is 11.9 Å². The Morgan fingerprint density at radius 2 is 1.95 bits per heavy atom. The van der Waals surface area contributed by atoms with Crippen molar-refractivity contribution in [1.82, 2.24) is 5.32 Å². The van der Waals surface area contributed by atoms with Gasteiger partial charge in [-0.3, -0.25) is 4.79 Å². The molecule has 1 rings (SSSR count). The van der Waals surface area contributed by atoms with Gasteiger partial charge in [-0.25, -0.2) is 0 Å². The summed E-state index contributed by atoms with van der Waals surface area (Å²) >= 11 is 0. The third-order valence-electron chi connectivity index (χ3n) is 2.82. The summed E-state index contributed by atoms with van der Waals surface area (Å²) < 4.78 is 0. The van der Waals surface area contributed by atoms with Crippen molar-refractivity contribution in [2.24, 2.45) is 0 Å². The molecule has 1 aromatic carbocycles. The number of hydrogen-bond donors (Lipinski definition) is 3. The highest BCUT2D eigenvalue weighted by Gasteiger charge is 2.09. The summed E-state index contributed by atoms with van der Waals surface area (Å²) in [5.41, 5.74) is 1.44. The first-order valence-electron chi connectivity index (χ1n) is 6.81. The van der Waals surface area contributed by atoms with Crippen molar-refractivity contribution in [3.8, 4) is 0 Å². The fraction of sp³-hybridized carbons (Fsp3) is 0.533. The molecule has 1 aromatic rings. The van der Waals surface area contributed by atoms with Crippen molar-refractivity contribution >= 4 is 11.6 Å². The molecule has 0 bridgehead atoms. The number of benzene rings is 1. The van der Waals surface area contributed by atoms with Gasteiger partial charge in [0.25, 0.3) is 0 Å². The standard InChI is InChI=1S/C15H24N2O2/c1-11(2)16-10-6-9-15(19)17-14-8-5-4-7-13(14)12(3)18/h4-5,7-8,11-12,16,18H,6,9-10H2,1-3H3,(H,17,19). The second-order valence-corrected chi connectivity index (χ2v) is 5.02. The Morgan fingerprint density at radius 3 is 2.58 bits per heavy atom. The highest BCUT2D eigenvalue weighted by atomic mass is 16.3. The van der Waals surface area contributed by atoms with Crippen LogP contribution in [0.2, 0.25) is 0 Å². The molecule has 0 aliphatic carbocycles. The zero-order valence-corrected chi connectivity index (χ0v) is 11.9. The molecule has 0 aliphatic rings. The van der Waals surface area contributed by atoms with Gasteiger partial charge in [0.05, 0.1) is 6.10 Å². The maximum Gasteiger partial charge on any atom is 0.224 e. The minimum atomic E-state index is -0.584. The molecular formula is C15H24N2O2. The smallest absolute Gasteiger partial charge is 0.224 e. The molecule has 0 spiro atoms. The molecule has 1 amide bonds. The number of aliphatic hydroxyl groups is 1. The van der Waals surface area contributed by atoms with E-state index < -0.39 is 6.10 Å². The summed E-state index contributed by atoms with van der Waals surface area (Å²) in [5, 5.41) is 15.8. The Bertz CT molecular complexity index is 403. The number of hydrogen-bond acceptors (Lipinski definition) is 3. The van der Waals surface area contributed by atoms with Gasteiger partial charge in [-0.2, -0.15) is 0 Å². The van der Waals surface area contributed by atoms with Crippen LogP contribution in [0, 0.1) is 0 Å². The van der Waals surface area contributed by atoms with Crippen LogP contribution in [0.25, 0.3) is 0 Å². The van der Waals surface area contributed by atoms with Gasteiger partial charge < -0.3 is 15.7 Å². The molecule has 0 saturated heterocycles. The normalized spacial score (nSPS) is 12.5. The number of carbonyl (C=O) groups excluding carboxylic acids is 1. The topological polar surface area (TPSA) is 61.4 Å². The molecule has 4 heteroatoms. The van der Waals surface area contributed by atoms with Crippen LogP contribution in [0.4, 0.5) is 5.69 Å². The summed E-state index contributed by atoms with van der Waals surface area (Å²) in [4.78, 5) is 11.8. The number of para-hydroxylation sites is 1. The molecule has 1 atom stereocenters. The van der Waals surface area contributed by atoms with Gasteiger partial charge in [-0.1, -0.05) is 32.0 Å². The number of aliphatic hydroxyl groups excluding tert-OH is 1. The zero-order valence-electron chi connectivity index (χ0n) is 11.9. The summed E-state index contributed by atoms with van der Waals surface area (Å²) in [6, 6.07) is 7.78. The SMILES string of the molecule is CC(C)NCCCC(=O)Nc1ccccc1C(C)O. The lowest BCUT2D eigenvalue weighted by atomic mass is 10.1. The van der Waals surface area contributed by atoms with Gasteiger partial charge in [0.2, 0.25) is 5.91 Å². The molecule has 4 nitrogen and oxygen atoms in total. The first kappa shape index (κ1) is 15.7. The molecule has 1 unspecified atom stereocenters. The van der Waals surface area contributed by atoms with E-state index in [-0.39, 0.29) is 5.91 Å². The van der Waals surface area contributed by atoms with Gasteiger partial charge in [-0.15, -0.1) is 0 Å². The van der Waals surface area contributed by atoms with E-state index in [0.717, 1.165) is 18.5 Å². The lowest BCUT2D eigenvalue weighted by molar-refractivity contribution is -0.116. The lowest BCUT2D eigenvalue weighted by Gasteiger charge is -2.13. The highest BCUT2D eigenvalue weighted by Crippen LogP contribution is 2.22. The number of rotatable bonds is 7. The first-order valence-corrected chi connectivity index (χ1v) is 6.81. The van der Waals surface area contributed by atoms with Gasteiger partial charge in [-0.05, 0) is 26.0 Å².